The summed E-state index contributed by atoms with van der Waals surface area (Å²) in [4.78, 5) is 41.1. The second-order valence-corrected chi connectivity index (χ2v) is 12.1. The van der Waals surface area contributed by atoms with Gasteiger partial charge in [0.15, 0.2) is 11.5 Å². The van der Waals surface area contributed by atoms with Gasteiger partial charge in [0.2, 0.25) is 0 Å². The van der Waals surface area contributed by atoms with Crippen molar-refractivity contribution in [1.82, 2.24) is 29.1 Å². The molecule has 0 spiro atoms. The highest BCUT2D eigenvalue weighted by atomic mass is 19.3. The summed E-state index contributed by atoms with van der Waals surface area (Å²) >= 11 is 0. The number of hydrogen-bond acceptors (Lipinski definition) is 6. The monoisotopic (exact) mass is 619 g/mol. The van der Waals surface area contributed by atoms with Crippen molar-refractivity contribution in [2.75, 3.05) is 71.8 Å². The number of rotatable bonds is 6. The van der Waals surface area contributed by atoms with Gasteiger partial charge in [0.05, 0.1) is 52.2 Å². The minimum atomic E-state index is -2.88. The Bertz CT molecular complexity index is 1690. The van der Waals surface area contributed by atoms with E-state index in [0.29, 0.717) is 43.2 Å². The van der Waals surface area contributed by atoms with Crippen molar-refractivity contribution in [1.29, 1.82) is 0 Å². The van der Waals surface area contributed by atoms with Crippen molar-refractivity contribution >= 4 is 29.1 Å². The molecule has 2 aliphatic heterocycles. The van der Waals surface area contributed by atoms with Gasteiger partial charge in [-0.15, -0.1) is 0 Å². The SMILES string of the molecule is Cc1cc(Nc2nccn3c(-c4ccc(OC(F)F)cc4)cnc23)ccc1C(=O)N1CCN(C(=O)N2CC[N+](C)(C)CC2)CC1. The zero-order chi connectivity index (χ0) is 31.7. The first-order chi connectivity index (χ1) is 21.6. The first-order valence-electron chi connectivity index (χ1n) is 15.0. The Morgan fingerprint density at radius 1 is 0.911 bits per heavy atom. The number of carbonyl (C=O) groups is 2. The number of ether oxygens (including phenoxy) is 1. The van der Waals surface area contributed by atoms with Crippen molar-refractivity contribution in [3.05, 3.63) is 72.2 Å². The summed E-state index contributed by atoms with van der Waals surface area (Å²) in [5, 5.41) is 3.31. The number of hydrogen-bond donors (Lipinski definition) is 1. The van der Waals surface area contributed by atoms with Crippen molar-refractivity contribution in [2.24, 2.45) is 0 Å². The predicted molar refractivity (Wildman–Crippen MR) is 166 cm³/mol. The highest BCUT2D eigenvalue weighted by Crippen LogP contribution is 2.28. The minimum absolute atomic E-state index is 0.0498. The number of nitrogens with zero attached hydrogens (tertiary/aromatic N) is 7. The fraction of sp³-hybridized carbons (Fsp3) is 0.375. The Morgan fingerprint density at radius 3 is 2.24 bits per heavy atom. The van der Waals surface area contributed by atoms with Crippen molar-refractivity contribution in [3.63, 3.8) is 0 Å². The van der Waals surface area contributed by atoms with Crippen LogP contribution in [0.15, 0.2) is 61.1 Å². The molecule has 2 aromatic carbocycles. The number of piperazine rings is 2. The smallest absolute Gasteiger partial charge is 0.387 e. The average molecular weight is 620 g/mol. The van der Waals surface area contributed by atoms with Crippen molar-refractivity contribution < 1.29 is 27.6 Å². The minimum Gasteiger partial charge on any atom is -0.435 e. The largest absolute Gasteiger partial charge is 0.435 e. The van der Waals surface area contributed by atoms with Crippen LogP contribution in [0.25, 0.3) is 16.9 Å². The van der Waals surface area contributed by atoms with Crippen LogP contribution in [-0.4, -0.2) is 119 Å². The van der Waals surface area contributed by atoms with Gasteiger partial charge < -0.3 is 29.2 Å². The van der Waals surface area contributed by atoms with Crippen LogP contribution in [-0.2, 0) is 0 Å². The molecule has 2 aromatic heterocycles. The number of carbonyl (C=O) groups excluding carboxylic acids is 2. The Kier molecular flexibility index (Phi) is 8.28. The topological polar surface area (TPSA) is 95.3 Å². The maximum Gasteiger partial charge on any atom is 0.387 e. The molecule has 0 bridgehead atoms. The molecule has 2 aliphatic rings. The van der Waals surface area contributed by atoms with E-state index in [0.717, 1.165) is 53.2 Å². The van der Waals surface area contributed by atoms with Crippen LogP contribution in [0.2, 0.25) is 0 Å². The van der Waals surface area contributed by atoms with E-state index < -0.39 is 6.61 Å². The molecular formula is C32H37F2N8O3+. The van der Waals surface area contributed by atoms with Gasteiger partial charge in [-0.25, -0.2) is 14.8 Å². The second-order valence-electron chi connectivity index (χ2n) is 12.1. The Balaban J connectivity index is 1.10. The molecule has 2 saturated heterocycles. The van der Waals surface area contributed by atoms with Gasteiger partial charge in [-0.3, -0.25) is 9.20 Å². The van der Waals surface area contributed by atoms with Crippen LogP contribution in [0.3, 0.4) is 0 Å². The molecule has 45 heavy (non-hydrogen) atoms. The molecule has 11 nitrogen and oxygen atoms in total. The highest BCUT2D eigenvalue weighted by molar-refractivity contribution is 5.96. The fourth-order valence-electron chi connectivity index (χ4n) is 5.82. The molecule has 4 heterocycles. The van der Waals surface area contributed by atoms with Crippen LogP contribution in [0.5, 0.6) is 5.75 Å². The zero-order valence-corrected chi connectivity index (χ0v) is 25.6. The van der Waals surface area contributed by atoms with Gasteiger partial charge >= 0.3 is 12.6 Å². The standard InChI is InChI=1S/C32H36F2N8O3/c1-22-20-24(37-28-29-36-21-27(41(29)11-10-35-28)23-4-7-25(8-5-23)45-31(33)34)6-9-26(22)30(43)38-12-14-39(15-13-38)32(44)40-16-18-42(2,3)19-17-40/h4-11,20-21,31H,12-19H2,1-3H3/p+1. The number of nitrogens with one attached hydrogen (secondary N) is 1. The second kappa shape index (κ2) is 12.3. The zero-order valence-electron chi connectivity index (χ0n) is 25.6. The molecule has 0 saturated carbocycles. The molecule has 2 fully saturated rings. The molecule has 1 N–H and O–H groups in total. The Hall–Kier alpha value is -4.78. The van der Waals surface area contributed by atoms with Crippen LogP contribution in [0.4, 0.5) is 25.1 Å². The van der Waals surface area contributed by atoms with Crippen LogP contribution in [0.1, 0.15) is 15.9 Å². The quantitative estimate of drug-likeness (QED) is 0.323. The third-order valence-electron chi connectivity index (χ3n) is 8.58. The van der Waals surface area contributed by atoms with Crippen molar-refractivity contribution in [2.45, 2.75) is 13.5 Å². The summed E-state index contributed by atoms with van der Waals surface area (Å²) in [7, 11) is 4.37. The number of halogens is 2. The van der Waals surface area contributed by atoms with Gasteiger partial charge in [-0.05, 0) is 55.0 Å². The number of imidazole rings is 1. The summed E-state index contributed by atoms with van der Waals surface area (Å²) in [5.41, 5.74) is 4.31. The molecule has 4 aromatic rings. The molecule has 13 heteroatoms. The normalized spacial score (nSPS) is 16.7. The summed E-state index contributed by atoms with van der Waals surface area (Å²) in [6.07, 6.45) is 5.12. The molecule has 0 unspecified atom stereocenters. The van der Waals surface area contributed by atoms with Crippen LogP contribution >= 0.6 is 0 Å². The lowest BCUT2D eigenvalue weighted by atomic mass is 10.1. The van der Waals surface area contributed by atoms with Gasteiger partial charge in [-0.2, -0.15) is 8.78 Å². The summed E-state index contributed by atoms with van der Waals surface area (Å²) in [6, 6.07) is 12.0. The van der Waals surface area contributed by atoms with Gasteiger partial charge in [0.25, 0.3) is 5.91 Å². The number of amides is 3. The van der Waals surface area contributed by atoms with E-state index in [4.69, 9.17) is 0 Å². The number of aryl methyl sites for hydroxylation is 1. The summed E-state index contributed by atoms with van der Waals surface area (Å²) in [5.74, 6) is 0.556. The molecule has 3 amide bonds. The predicted octanol–water partition coefficient (Wildman–Crippen LogP) is 4.32. The number of anilines is 2. The highest BCUT2D eigenvalue weighted by Gasteiger charge is 2.32. The maximum atomic E-state index is 13.4. The van der Waals surface area contributed by atoms with E-state index >= 15 is 0 Å². The summed E-state index contributed by atoms with van der Waals surface area (Å²) < 4.78 is 32.3. The fourth-order valence-corrected chi connectivity index (χ4v) is 5.82. The lowest BCUT2D eigenvalue weighted by Gasteiger charge is -2.42. The van der Waals surface area contributed by atoms with Gasteiger partial charge in [-0.1, -0.05) is 0 Å². The van der Waals surface area contributed by atoms with E-state index in [9.17, 15) is 18.4 Å². The first kappa shape index (κ1) is 30.3. The molecule has 236 valence electrons. The first-order valence-corrected chi connectivity index (χ1v) is 15.0. The van der Waals surface area contributed by atoms with E-state index in [-0.39, 0.29) is 17.7 Å². The lowest BCUT2D eigenvalue weighted by Crippen LogP contribution is -2.60. The van der Waals surface area contributed by atoms with Gasteiger partial charge in [0, 0.05) is 55.4 Å². The third kappa shape index (κ3) is 6.53. The number of likely N-dealkylation sites (N-methyl/N-ethyl adjacent to an activating group) is 1. The van der Waals surface area contributed by atoms with Crippen molar-refractivity contribution in [3.8, 4) is 17.0 Å². The molecule has 0 radical (unpaired) electrons. The van der Waals surface area contributed by atoms with E-state index in [1.165, 1.54) is 12.1 Å². The Labute approximate surface area is 260 Å². The molecule has 0 aliphatic carbocycles. The molecule has 6 rings (SSSR count). The third-order valence-corrected chi connectivity index (χ3v) is 8.58. The number of benzene rings is 2. The maximum absolute atomic E-state index is 13.4. The number of quaternary nitrogens is 1. The van der Waals surface area contributed by atoms with E-state index in [1.807, 2.05) is 44.2 Å². The number of aromatic nitrogens is 3. The van der Waals surface area contributed by atoms with Crippen LogP contribution < -0.4 is 10.1 Å². The number of fused-ring (bicyclic) bond motifs is 1. The van der Waals surface area contributed by atoms with Crippen LogP contribution in [0, 0.1) is 6.92 Å². The molecule has 0 atom stereocenters. The molecular weight excluding hydrogens is 582 g/mol. The van der Waals surface area contributed by atoms with E-state index in [2.05, 4.69) is 34.1 Å². The summed E-state index contributed by atoms with van der Waals surface area (Å²) in [6.45, 7) is 4.45. The lowest BCUT2D eigenvalue weighted by molar-refractivity contribution is -0.894. The van der Waals surface area contributed by atoms with Gasteiger partial charge in [0.1, 0.15) is 5.75 Å². The average Bonchev–Trinajstić information content (AvgIpc) is 3.46. The Morgan fingerprint density at radius 2 is 1.58 bits per heavy atom. The number of urea groups is 1. The number of alkyl halides is 2. The van der Waals surface area contributed by atoms with E-state index in [1.54, 1.807) is 30.7 Å².